The zero-order valence-corrected chi connectivity index (χ0v) is 69.4. The van der Waals surface area contributed by atoms with E-state index >= 15 is 0 Å². The third-order valence-electron chi connectivity index (χ3n) is 20.6. The molecule has 0 amide bonds. The van der Waals surface area contributed by atoms with Crippen molar-refractivity contribution in [1.29, 1.82) is 0 Å². The number of hydrogen-bond donors (Lipinski definition) is 18. The molecule has 18 N–H and O–H groups in total. The summed E-state index contributed by atoms with van der Waals surface area (Å²) in [5.74, 6) is 0. The summed E-state index contributed by atoms with van der Waals surface area (Å²) in [6.07, 6.45) is 7.01. The zero-order chi connectivity index (χ0) is 84.6. The van der Waals surface area contributed by atoms with Crippen LogP contribution in [0.5, 0.6) is 0 Å². The summed E-state index contributed by atoms with van der Waals surface area (Å²) in [5, 5.41) is 167. The molecule has 104 heavy (non-hydrogen) atoms. The van der Waals surface area contributed by atoms with Crippen LogP contribution in [-0.4, -0.2) is 270 Å². The van der Waals surface area contributed by atoms with E-state index in [1.807, 2.05) is 201 Å². The number of hydroxylamine groups is 12. The third-order valence-corrected chi connectivity index (χ3v) is 20.6. The summed E-state index contributed by atoms with van der Waals surface area (Å²) in [6, 6.07) is 0. The van der Waals surface area contributed by atoms with Gasteiger partial charge < -0.3 is 72.1 Å². The van der Waals surface area contributed by atoms with Gasteiger partial charge in [0.1, 0.15) is 6.92 Å². The minimum Gasteiger partial charge on any atom is -0.393 e. The first kappa shape index (κ1) is 108. The van der Waals surface area contributed by atoms with Gasteiger partial charge in [-0.1, -0.05) is 0 Å². The van der Waals surface area contributed by atoms with Crippen LogP contribution in [0.25, 0.3) is 0 Å². The van der Waals surface area contributed by atoms with Crippen molar-refractivity contribution in [3.05, 3.63) is 43.5 Å². The van der Waals surface area contributed by atoms with Gasteiger partial charge in [0, 0.05) is 174 Å². The summed E-state index contributed by atoms with van der Waals surface area (Å²) in [5.41, 5.74) is -6.16. The lowest BCUT2D eigenvalue weighted by atomic mass is 9.80. The van der Waals surface area contributed by atoms with Crippen LogP contribution in [0.2, 0.25) is 0 Å². The van der Waals surface area contributed by atoms with Gasteiger partial charge in [-0.05, 0) is 230 Å². The quantitative estimate of drug-likeness (QED) is 0.0463. The van der Waals surface area contributed by atoms with Crippen molar-refractivity contribution < 1.29 is 105 Å². The lowest BCUT2D eigenvalue weighted by Gasteiger charge is -2.50. The molecule has 4 unspecified atom stereocenters. The molecule has 0 bridgehead atoms. The Kier molecular flexibility index (Phi) is 41.2. The summed E-state index contributed by atoms with van der Waals surface area (Å²) in [7, 11) is 0. The van der Waals surface area contributed by atoms with E-state index in [1.165, 1.54) is 30.4 Å². The molecule has 8 rings (SSSR count). The first-order chi connectivity index (χ1) is 46.0. The van der Waals surface area contributed by atoms with Crippen LogP contribution in [0, 0.1) is 43.5 Å². The van der Waals surface area contributed by atoms with E-state index < -0.39 is 33.8 Å². The molecule has 0 aromatic heterocycles. The van der Waals surface area contributed by atoms with Gasteiger partial charge in [-0.25, -0.2) is 0 Å². The highest BCUT2D eigenvalue weighted by atomic mass is 17.0. The van der Waals surface area contributed by atoms with Crippen molar-refractivity contribution in [3.63, 3.8) is 0 Å². The topological polar surface area (TPSA) is 492 Å². The van der Waals surface area contributed by atoms with Crippen LogP contribution < -0.4 is 0 Å². The van der Waals surface area contributed by atoms with E-state index in [4.69, 9.17) is 40.9 Å². The average Bonchev–Trinajstić information content (AvgIpc) is 0.861. The van der Waals surface area contributed by atoms with Crippen molar-refractivity contribution in [3.8, 4) is 0 Å². The van der Waals surface area contributed by atoms with Gasteiger partial charge in [0.15, 0.2) is 5.54 Å². The molecule has 0 radical (unpaired) electrons. The van der Waals surface area contributed by atoms with Crippen LogP contribution >= 0.6 is 0 Å². The molecule has 32 nitrogen and oxygen atoms in total. The van der Waals surface area contributed by atoms with Crippen molar-refractivity contribution in [2.24, 2.45) is 0 Å². The molecule has 0 aromatic rings. The zero-order valence-electron chi connectivity index (χ0n) is 71.4. The lowest BCUT2D eigenvalue weighted by Crippen LogP contribution is -2.60. The predicted octanol–water partition coefficient (Wildman–Crippen LogP) is 11.3. The van der Waals surface area contributed by atoms with Gasteiger partial charge >= 0.3 is 8.39 Å². The predicted molar refractivity (Wildman–Crippen MR) is 402 cm³/mol. The molecule has 620 valence electrons. The molecule has 8 saturated heterocycles. The monoisotopic (exact) mass is 1520 g/mol. The highest BCUT2D eigenvalue weighted by Crippen LogP contribution is 2.43. The Bertz CT molecular complexity index is 2040. The smallest absolute Gasteiger partial charge is 0.393 e. The van der Waals surface area contributed by atoms with Gasteiger partial charge in [-0.2, -0.15) is 25.3 Å². The average molecular weight is 1520 g/mol. The molecular formula is C72H154N8O24+6. The fraction of sp³-hybridized carbons (Fsp3) is 0.972. The van der Waals surface area contributed by atoms with Crippen LogP contribution in [-0.2, 0) is 0 Å². The SMILES string of the molecule is CC1(C)CC(O)CC(C)(C)N1O.CC1(C)CC(O)CC(C)(C)N1O.CC1(C)CC(O)CC(C)(C)N1O.CC1(C)CC(O)CC(C)(C)N1O.CC1(C)CC(O)CC(C)(C)N1O.CC1(C)CC(O)CC(C)(C)[N+]1=O.O=O.O=O.OO.OO.[CH2+]C1(C)CC(O)CC(C)(C)N1O.[CH2+]C1(C)CC(O)CC(C)(C)[N+]1=O.[H+].[H+]. The number of nitrogens with zero attached hydrogens (tertiary/aromatic N) is 8. The van der Waals surface area contributed by atoms with Crippen LogP contribution in [0.1, 0.15) is 313 Å². The Morgan fingerprint density at radius 2 is 0.365 bits per heavy atom. The number of nitroso groups, excluding NO2 is 2. The lowest BCUT2D eigenvalue weighted by molar-refractivity contribution is -0.695. The Morgan fingerprint density at radius 1 is 0.240 bits per heavy atom. The van der Waals surface area contributed by atoms with E-state index in [-0.39, 0.29) is 107 Å². The van der Waals surface area contributed by atoms with Gasteiger partial charge in [0.05, 0.1) is 62.2 Å². The Hall–Kier alpha value is -2.82. The van der Waals surface area contributed by atoms with E-state index in [9.17, 15) is 81.9 Å². The number of rotatable bonds is 0. The first-order valence-electron chi connectivity index (χ1n) is 35.8. The first-order valence-corrected chi connectivity index (χ1v) is 35.8. The van der Waals surface area contributed by atoms with Gasteiger partial charge in [-0.3, -0.25) is 21.0 Å². The van der Waals surface area contributed by atoms with Gasteiger partial charge in [0.2, 0.25) is 16.6 Å². The number of aliphatic hydroxyl groups excluding tert-OH is 8. The molecule has 0 aliphatic carbocycles. The summed E-state index contributed by atoms with van der Waals surface area (Å²) >= 11 is 0. The Morgan fingerprint density at radius 3 is 0.519 bits per heavy atom. The van der Waals surface area contributed by atoms with Crippen molar-refractivity contribution in [2.45, 2.75) is 448 Å². The summed E-state index contributed by atoms with van der Waals surface area (Å²) in [6.45, 7) is 65.1. The van der Waals surface area contributed by atoms with E-state index in [1.54, 1.807) is 6.92 Å². The normalized spacial score (nSPS) is 30.8. The second kappa shape index (κ2) is 39.9. The van der Waals surface area contributed by atoms with Crippen LogP contribution in [0.3, 0.4) is 0 Å². The van der Waals surface area contributed by atoms with Crippen molar-refractivity contribution in [1.82, 2.24) is 30.4 Å². The van der Waals surface area contributed by atoms with Gasteiger partial charge in [0.25, 0.3) is 0 Å². The Labute approximate surface area is 625 Å². The van der Waals surface area contributed by atoms with Crippen LogP contribution in [0.4, 0.5) is 0 Å². The molecule has 4 atom stereocenters. The van der Waals surface area contributed by atoms with Crippen molar-refractivity contribution >= 4 is 0 Å². The van der Waals surface area contributed by atoms with E-state index in [0.29, 0.717) is 103 Å². The van der Waals surface area contributed by atoms with Gasteiger partial charge in [-0.15, -0.1) is 5.06 Å². The third kappa shape index (κ3) is 31.9. The minimum absolute atomic E-state index is 0. The standard InChI is InChI=1S/5C9H19NO2.2C9H18NO2.C9H17NO2.2H2O2.2O2/c8*1-8(2)5-7(11)6-9(3,4)10(8)12;4*1-2/h5*7,11-12H,5-6H2,1-4H3;7,11H,5-6H2,1-4H3;7,11-12H,1,5-6H2,2-4H3;7,11H,1,5-6H2,2-4H3;2*1-2H;;/q;;;;;2*+1;+2;;;;/p+2. The second-order valence-corrected chi connectivity index (χ2v) is 39.3. The highest BCUT2D eigenvalue weighted by Gasteiger charge is 2.59. The molecule has 8 aliphatic rings. The molecule has 0 aromatic carbocycles. The van der Waals surface area contributed by atoms with Crippen molar-refractivity contribution in [2.75, 3.05) is 0 Å². The largest absolute Gasteiger partial charge is 1.00 e. The Balaban J connectivity index is -0.000000265. The van der Waals surface area contributed by atoms with E-state index in [2.05, 4.69) is 13.8 Å². The molecule has 0 saturated carbocycles. The van der Waals surface area contributed by atoms with Crippen LogP contribution in [0.15, 0.2) is 0 Å². The summed E-state index contributed by atoms with van der Waals surface area (Å²) < 4.78 is 2.12. The fourth-order valence-electron chi connectivity index (χ4n) is 17.4. The highest BCUT2D eigenvalue weighted by molar-refractivity contribution is 5.02. The maximum absolute atomic E-state index is 11.7. The molecule has 8 heterocycles. The number of piperidine rings is 8. The second-order valence-electron chi connectivity index (χ2n) is 39.3. The molecule has 32 heteroatoms. The fourth-order valence-corrected chi connectivity index (χ4v) is 17.4. The minimum atomic E-state index is -0.679. The van der Waals surface area contributed by atoms with E-state index in [0.717, 1.165) is 9.52 Å². The molecular weight excluding hydrogens is 1360 g/mol. The number of hydrogen-bond acceptors (Lipinski definition) is 30. The number of aliphatic hydroxyl groups is 8. The summed E-state index contributed by atoms with van der Waals surface area (Å²) in [4.78, 5) is 51.4. The maximum Gasteiger partial charge on any atom is 1.00 e. The molecule has 8 fully saturated rings. The molecule has 8 aliphatic heterocycles. The maximum atomic E-state index is 11.7. The molecule has 0 spiro atoms.